The largest absolute Gasteiger partial charge is 0.335 e. The molecule has 4 nitrogen and oxygen atoms in total. The molecular weight excluding hydrogens is 214 g/mol. The minimum absolute atomic E-state index is 0.161. The zero-order valence-electron chi connectivity index (χ0n) is 10.5. The summed E-state index contributed by atoms with van der Waals surface area (Å²) < 4.78 is 0. The monoisotopic (exact) mass is 235 g/mol. The first-order valence-electron chi connectivity index (χ1n) is 6.63. The van der Waals surface area contributed by atoms with Crippen molar-refractivity contribution < 1.29 is 4.79 Å². The molecule has 0 aromatic heterocycles. The standard InChI is InChI=1S/C13H21N3O/c1-10-5-7-13(9-14,8-6-10)16-12(17)15-11-3-2-4-11/h10-11H,2-8H2,1H3,(H2,15,16,17). The Kier molecular flexibility index (Phi) is 3.56. The predicted molar refractivity (Wildman–Crippen MR) is 65.3 cm³/mol. The summed E-state index contributed by atoms with van der Waals surface area (Å²) in [6, 6.07) is 2.47. The molecule has 0 unspecified atom stereocenters. The van der Waals surface area contributed by atoms with Crippen LogP contribution < -0.4 is 10.6 Å². The van der Waals surface area contributed by atoms with Gasteiger partial charge in [-0.2, -0.15) is 5.26 Å². The first kappa shape index (κ1) is 12.2. The van der Waals surface area contributed by atoms with Gasteiger partial charge in [-0.05, 0) is 50.9 Å². The van der Waals surface area contributed by atoms with Crippen molar-refractivity contribution in [2.75, 3.05) is 0 Å². The highest BCUT2D eigenvalue weighted by molar-refractivity contribution is 5.75. The van der Waals surface area contributed by atoms with Gasteiger partial charge in [0.2, 0.25) is 0 Å². The molecule has 0 spiro atoms. The Balaban J connectivity index is 1.85. The van der Waals surface area contributed by atoms with E-state index in [9.17, 15) is 10.1 Å². The van der Waals surface area contributed by atoms with E-state index in [1.807, 2.05) is 0 Å². The molecule has 2 N–H and O–H groups in total. The van der Waals surface area contributed by atoms with E-state index in [1.165, 1.54) is 6.42 Å². The number of carbonyl (C=O) groups is 1. The van der Waals surface area contributed by atoms with Gasteiger partial charge in [0.15, 0.2) is 0 Å². The van der Waals surface area contributed by atoms with Crippen LogP contribution in [0.2, 0.25) is 0 Å². The van der Waals surface area contributed by atoms with Crippen molar-refractivity contribution in [1.82, 2.24) is 10.6 Å². The van der Waals surface area contributed by atoms with Crippen molar-refractivity contribution in [3.8, 4) is 6.07 Å². The molecule has 2 aliphatic rings. The lowest BCUT2D eigenvalue weighted by atomic mass is 9.78. The van der Waals surface area contributed by atoms with Crippen molar-refractivity contribution in [1.29, 1.82) is 5.26 Å². The minimum atomic E-state index is -0.625. The lowest BCUT2D eigenvalue weighted by Crippen LogP contribution is -2.55. The fourth-order valence-corrected chi connectivity index (χ4v) is 2.51. The van der Waals surface area contributed by atoms with Crippen molar-refractivity contribution in [2.24, 2.45) is 5.92 Å². The molecule has 0 aromatic rings. The van der Waals surface area contributed by atoms with Crippen LogP contribution >= 0.6 is 0 Å². The zero-order chi connectivity index (χ0) is 12.3. The molecule has 0 bridgehead atoms. The van der Waals surface area contributed by atoms with Crippen LogP contribution in [0.3, 0.4) is 0 Å². The van der Waals surface area contributed by atoms with E-state index in [-0.39, 0.29) is 6.03 Å². The number of carbonyl (C=O) groups excluding carboxylic acids is 1. The summed E-state index contributed by atoms with van der Waals surface area (Å²) in [6.07, 6.45) is 6.96. The summed E-state index contributed by atoms with van der Waals surface area (Å²) in [5.41, 5.74) is -0.625. The molecule has 2 amide bonds. The van der Waals surface area contributed by atoms with E-state index in [0.717, 1.165) is 38.5 Å². The van der Waals surface area contributed by atoms with Gasteiger partial charge in [-0.1, -0.05) is 6.92 Å². The van der Waals surface area contributed by atoms with Gasteiger partial charge in [-0.15, -0.1) is 0 Å². The minimum Gasteiger partial charge on any atom is -0.335 e. The summed E-state index contributed by atoms with van der Waals surface area (Å²) in [5, 5.41) is 15.1. The van der Waals surface area contributed by atoms with E-state index in [0.29, 0.717) is 12.0 Å². The number of nitriles is 1. The van der Waals surface area contributed by atoms with Crippen LogP contribution in [0.4, 0.5) is 4.79 Å². The van der Waals surface area contributed by atoms with E-state index in [4.69, 9.17) is 0 Å². The molecule has 4 heteroatoms. The number of hydrogen-bond donors (Lipinski definition) is 2. The molecule has 17 heavy (non-hydrogen) atoms. The Bertz CT molecular complexity index is 322. The Morgan fingerprint density at radius 1 is 1.29 bits per heavy atom. The average molecular weight is 235 g/mol. The van der Waals surface area contributed by atoms with Gasteiger partial charge in [0.25, 0.3) is 0 Å². The lowest BCUT2D eigenvalue weighted by Gasteiger charge is -2.35. The Hall–Kier alpha value is -1.24. The number of amides is 2. The van der Waals surface area contributed by atoms with Crippen LogP contribution in [0.1, 0.15) is 51.9 Å². The molecule has 2 aliphatic carbocycles. The van der Waals surface area contributed by atoms with Crippen LogP contribution in [0.25, 0.3) is 0 Å². The van der Waals surface area contributed by atoms with Crippen molar-refractivity contribution in [3.05, 3.63) is 0 Å². The van der Waals surface area contributed by atoms with E-state index < -0.39 is 5.54 Å². The summed E-state index contributed by atoms with van der Waals surface area (Å²) >= 11 is 0. The number of urea groups is 1. The average Bonchev–Trinajstić information content (AvgIpc) is 2.27. The van der Waals surface area contributed by atoms with Crippen LogP contribution in [-0.2, 0) is 0 Å². The van der Waals surface area contributed by atoms with E-state index in [2.05, 4.69) is 23.6 Å². The van der Waals surface area contributed by atoms with E-state index in [1.54, 1.807) is 0 Å². The predicted octanol–water partition coefficient (Wildman–Crippen LogP) is 2.31. The van der Waals surface area contributed by atoms with Crippen molar-refractivity contribution >= 4 is 6.03 Å². The second kappa shape index (κ2) is 4.95. The highest BCUT2D eigenvalue weighted by atomic mass is 16.2. The third-order valence-electron chi connectivity index (χ3n) is 4.14. The highest BCUT2D eigenvalue weighted by Gasteiger charge is 2.36. The van der Waals surface area contributed by atoms with Crippen LogP contribution in [0.15, 0.2) is 0 Å². The third-order valence-corrected chi connectivity index (χ3v) is 4.14. The zero-order valence-corrected chi connectivity index (χ0v) is 10.5. The van der Waals surface area contributed by atoms with Crippen molar-refractivity contribution in [3.63, 3.8) is 0 Å². The van der Waals surface area contributed by atoms with Gasteiger partial charge in [-0.3, -0.25) is 0 Å². The highest BCUT2D eigenvalue weighted by Crippen LogP contribution is 2.31. The molecule has 0 saturated heterocycles. The Morgan fingerprint density at radius 2 is 1.94 bits per heavy atom. The number of rotatable bonds is 2. The number of nitrogens with one attached hydrogen (secondary N) is 2. The van der Waals surface area contributed by atoms with Gasteiger partial charge in [-0.25, -0.2) is 4.79 Å². The fraction of sp³-hybridized carbons (Fsp3) is 0.846. The normalized spacial score (nSPS) is 33.3. The molecule has 94 valence electrons. The first-order valence-corrected chi connectivity index (χ1v) is 6.63. The molecule has 2 saturated carbocycles. The maximum atomic E-state index is 11.8. The van der Waals surface area contributed by atoms with Gasteiger partial charge < -0.3 is 10.6 Å². The number of hydrogen-bond acceptors (Lipinski definition) is 2. The first-order chi connectivity index (χ1) is 8.13. The topological polar surface area (TPSA) is 64.9 Å². The number of nitrogens with zero attached hydrogens (tertiary/aromatic N) is 1. The SMILES string of the molecule is CC1CCC(C#N)(NC(=O)NC2CCC2)CC1. The summed E-state index contributed by atoms with van der Waals surface area (Å²) in [5.74, 6) is 0.674. The van der Waals surface area contributed by atoms with Gasteiger partial charge in [0.1, 0.15) is 5.54 Å². The Labute approximate surface area is 103 Å². The summed E-state index contributed by atoms with van der Waals surface area (Å²) in [4.78, 5) is 11.8. The molecule has 0 aliphatic heterocycles. The third kappa shape index (κ3) is 2.91. The molecule has 2 rings (SSSR count). The van der Waals surface area contributed by atoms with Gasteiger partial charge >= 0.3 is 6.03 Å². The van der Waals surface area contributed by atoms with Crippen LogP contribution in [-0.4, -0.2) is 17.6 Å². The second-order valence-corrected chi connectivity index (χ2v) is 5.60. The quantitative estimate of drug-likeness (QED) is 0.771. The summed E-state index contributed by atoms with van der Waals surface area (Å²) in [6.45, 7) is 2.20. The maximum absolute atomic E-state index is 11.8. The fourth-order valence-electron chi connectivity index (χ4n) is 2.51. The molecule has 0 radical (unpaired) electrons. The van der Waals surface area contributed by atoms with E-state index >= 15 is 0 Å². The molecule has 0 aromatic carbocycles. The Morgan fingerprint density at radius 3 is 2.41 bits per heavy atom. The maximum Gasteiger partial charge on any atom is 0.316 e. The second-order valence-electron chi connectivity index (χ2n) is 5.60. The summed E-state index contributed by atoms with van der Waals surface area (Å²) in [7, 11) is 0. The van der Waals surface area contributed by atoms with Gasteiger partial charge in [0.05, 0.1) is 6.07 Å². The van der Waals surface area contributed by atoms with Crippen LogP contribution in [0.5, 0.6) is 0 Å². The lowest BCUT2D eigenvalue weighted by molar-refractivity contribution is 0.203. The smallest absolute Gasteiger partial charge is 0.316 e. The van der Waals surface area contributed by atoms with Gasteiger partial charge in [0, 0.05) is 6.04 Å². The molecule has 0 heterocycles. The molecular formula is C13H21N3O. The van der Waals surface area contributed by atoms with Crippen LogP contribution in [0, 0.1) is 17.2 Å². The molecule has 0 atom stereocenters. The molecule has 2 fully saturated rings. The van der Waals surface area contributed by atoms with Crippen molar-refractivity contribution in [2.45, 2.75) is 63.5 Å².